The van der Waals surface area contributed by atoms with Gasteiger partial charge < -0.3 is 9.29 Å². The molecule has 1 aromatic carbocycles. The molecule has 1 aliphatic rings. The second kappa shape index (κ2) is 6.13. The van der Waals surface area contributed by atoms with Crippen LogP contribution in [0, 0.1) is 11.3 Å². The van der Waals surface area contributed by atoms with Gasteiger partial charge in [-0.05, 0) is 39.8 Å². The summed E-state index contributed by atoms with van der Waals surface area (Å²) in [6.07, 6.45) is 1.75. The molecule has 1 unspecified atom stereocenters. The van der Waals surface area contributed by atoms with E-state index in [0.717, 1.165) is 17.1 Å². The third kappa shape index (κ3) is 3.00. The number of benzene rings is 1. The quantitative estimate of drug-likeness (QED) is 0.865. The zero-order chi connectivity index (χ0) is 17.5. The number of hydrogen-bond donors (Lipinski definition) is 1. The van der Waals surface area contributed by atoms with E-state index in [9.17, 15) is 4.55 Å². The molecule has 0 saturated heterocycles. The summed E-state index contributed by atoms with van der Waals surface area (Å²) in [7, 11) is 0. The summed E-state index contributed by atoms with van der Waals surface area (Å²) >= 11 is -1.18. The average molecular weight is 344 g/mol. The molecule has 0 aliphatic carbocycles. The predicted molar refractivity (Wildman–Crippen MR) is 92.1 cm³/mol. The molecule has 1 aromatic heterocycles. The van der Waals surface area contributed by atoms with Gasteiger partial charge in [0, 0.05) is 17.4 Å². The van der Waals surface area contributed by atoms with Gasteiger partial charge in [0.1, 0.15) is 23.4 Å². The van der Waals surface area contributed by atoms with Gasteiger partial charge in [0.2, 0.25) is 0 Å². The van der Waals surface area contributed by atoms with Gasteiger partial charge in [0.25, 0.3) is 0 Å². The fraction of sp³-hybridized carbons (Fsp3) is 0.412. The summed E-state index contributed by atoms with van der Waals surface area (Å²) < 4.78 is 22.8. The number of ether oxygens (including phenoxy) is 1. The molecule has 2 atom stereocenters. The van der Waals surface area contributed by atoms with Crippen LogP contribution < -0.4 is 9.46 Å². The number of hydrogen-bond acceptors (Lipinski definition) is 5. The summed E-state index contributed by atoms with van der Waals surface area (Å²) in [5, 5.41) is 9.00. The minimum Gasteiger partial charge on any atom is -0.598 e. The van der Waals surface area contributed by atoms with E-state index >= 15 is 0 Å². The molecule has 0 radical (unpaired) electrons. The number of nitrogens with one attached hydrogen (secondary N) is 1. The Balaban J connectivity index is 1.90. The van der Waals surface area contributed by atoms with Crippen molar-refractivity contribution >= 4 is 11.4 Å². The van der Waals surface area contributed by atoms with E-state index in [1.165, 1.54) is 0 Å². The molecule has 0 spiro atoms. The molecule has 0 bridgehead atoms. The molecule has 1 aliphatic heterocycles. The first kappa shape index (κ1) is 16.8. The molecule has 0 fully saturated rings. The molecule has 6 nitrogen and oxygen atoms in total. The van der Waals surface area contributed by atoms with Crippen LogP contribution in [-0.2, 0) is 18.0 Å². The van der Waals surface area contributed by atoms with Crippen LogP contribution in [0.15, 0.2) is 24.5 Å². The number of fused-ring (bicyclic) bond motifs is 3. The Labute approximate surface area is 144 Å². The van der Waals surface area contributed by atoms with Crippen molar-refractivity contribution in [1.29, 1.82) is 5.26 Å². The fourth-order valence-corrected chi connectivity index (χ4v) is 3.32. The van der Waals surface area contributed by atoms with E-state index in [4.69, 9.17) is 10.00 Å². The summed E-state index contributed by atoms with van der Waals surface area (Å²) in [4.78, 5) is 4.50. The van der Waals surface area contributed by atoms with Crippen molar-refractivity contribution < 1.29 is 9.29 Å². The minimum atomic E-state index is -1.18. The molecular weight excluding hydrogens is 324 g/mol. The van der Waals surface area contributed by atoms with Crippen molar-refractivity contribution in [2.75, 3.05) is 0 Å². The SMILES string of the molecule is CC(N[S@@+]([O-])C(C)(C)C)c1ncn2c1COc1cc(C#N)ccc1-2. The van der Waals surface area contributed by atoms with Crippen molar-refractivity contribution in [3.8, 4) is 17.5 Å². The Morgan fingerprint density at radius 3 is 2.88 bits per heavy atom. The maximum Gasteiger partial charge on any atom is 0.145 e. The number of imidazole rings is 1. The van der Waals surface area contributed by atoms with Crippen LogP contribution in [0.3, 0.4) is 0 Å². The van der Waals surface area contributed by atoms with Gasteiger partial charge in [-0.2, -0.15) is 5.26 Å². The van der Waals surface area contributed by atoms with E-state index in [1.807, 2.05) is 38.3 Å². The third-order valence-corrected chi connectivity index (χ3v) is 5.54. The van der Waals surface area contributed by atoms with Crippen molar-refractivity contribution in [2.45, 2.75) is 45.1 Å². The van der Waals surface area contributed by atoms with Gasteiger partial charge in [0.05, 0.1) is 34.7 Å². The minimum absolute atomic E-state index is 0.162. The largest absolute Gasteiger partial charge is 0.598 e. The number of aromatic nitrogens is 2. The molecule has 3 rings (SSSR count). The average Bonchev–Trinajstić information content (AvgIpc) is 2.97. The topological polar surface area (TPSA) is 85.9 Å². The van der Waals surface area contributed by atoms with Gasteiger partial charge in [-0.25, -0.2) is 4.98 Å². The standard InChI is InChI=1S/C17H20N4O2S/c1-11(20-24(22)17(2,3)4)16-14-9-23-15-7-12(8-18)5-6-13(15)21(14)10-19-16/h5-7,10-11,20H,9H2,1-4H3/t11?,24-/m0/s1. The monoisotopic (exact) mass is 344 g/mol. The zero-order valence-corrected chi connectivity index (χ0v) is 15.0. The van der Waals surface area contributed by atoms with Crippen LogP contribution in [0.2, 0.25) is 0 Å². The van der Waals surface area contributed by atoms with Crippen LogP contribution in [0.1, 0.15) is 50.7 Å². The normalized spacial score (nSPS) is 15.7. The van der Waals surface area contributed by atoms with E-state index in [1.54, 1.807) is 18.5 Å². The lowest BCUT2D eigenvalue weighted by molar-refractivity contribution is 0.282. The van der Waals surface area contributed by atoms with Crippen molar-refractivity contribution in [1.82, 2.24) is 14.3 Å². The Bertz CT molecular complexity index is 804. The number of nitriles is 1. The van der Waals surface area contributed by atoms with Crippen molar-refractivity contribution in [3.63, 3.8) is 0 Å². The molecule has 24 heavy (non-hydrogen) atoms. The van der Waals surface area contributed by atoms with Crippen LogP contribution in [-0.4, -0.2) is 18.9 Å². The number of nitrogens with zero attached hydrogens (tertiary/aromatic N) is 3. The first-order valence-electron chi connectivity index (χ1n) is 7.72. The lowest BCUT2D eigenvalue weighted by atomic mass is 10.1. The highest BCUT2D eigenvalue weighted by Crippen LogP contribution is 2.33. The maximum absolute atomic E-state index is 12.3. The summed E-state index contributed by atoms with van der Waals surface area (Å²) in [6, 6.07) is 7.29. The zero-order valence-electron chi connectivity index (χ0n) is 14.2. The summed E-state index contributed by atoms with van der Waals surface area (Å²) in [5.74, 6) is 0.671. The van der Waals surface area contributed by atoms with Gasteiger partial charge >= 0.3 is 0 Å². The Morgan fingerprint density at radius 2 is 2.21 bits per heavy atom. The van der Waals surface area contributed by atoms with Gasteiger partial charge in [-0.3, -0.25) is 4.57 Å². The highest BCUT2D eigenvalue weighted by atomic mass is 32.2. The Morgan fingerprint density at radius 1 is 1.46 bits per heavy atom. The molecule has 126 valence electrons. The summed E-state index contributed by atoms with van der Waals surface area (Å²) in [5.41, 5.74) is 3.17. The van der Waals surface area contributed by atoms with Gasteiger partial charge in [-0.15, -0.1) is 4.72 Å². The molecule has 2 aromatic rings. The molecule has 0 saturated carbocycles. The van der Waals surface area contributed by atoms with Crippen LogP contribution in [0.4, 0.5) is 0 Å². The second-order valence-electron chi connectivity index (χ2n) is 6.75. The lowest BCUT2D eigenvalue weighted by Crippen LogP contribution is -2.40. The van der Waals surface area contributed by atoms with E-state index in [-0.39, 0.29) is 10.8 Å². The first-order valence-corrected chi connectivity index (χ1v) is 8.87. The fourth-order valence-electron chi connectivity index (χ4n) is 2.54. The Hall–Kier alpha value is -2.01. The van der Waals surface area contributed by atoms with Crippen LogP contribution in [0.5, 0.6) is 5.75 Å². The highest BCUT2D eigenvalue weighted by molar-refractivity contribution is 7.90. The van der Waals surface area contributed by atoms with E-state index in [0.29, 0.717) is 17.9 Å². The van der Waals surface area contributed by atoms with Crippen molar-refractivity contribution in [3.05, 3.63) is 41.5 Å². The van der Waals surface area contributed by atoms with Gasteiger partial charge in [-0.1, -0.05) is 0 Å². The first-order chi connectivity index (χ1) is 11.3. The van der Waals surface area contributed by atoms with Crippen LogP contribution >= 0.6 is 0 Å². The molecule has 2 heterocycles. The maximum atomic E-state index is 12.3. The third-order valence-electron chi connectivity index (χ3n) is 3.86. The molecular formula is C17H20N4O2S. The molecule has 7 heteroatoms. The highest BCUT2D eigenvalue weighted by Gasteiger charge is 2.31. The van der Waals surface area contributed by atoms with Gasteiger partial charge in [0.15, 0.2) is 0 Å². The Kier molecular flexibility index (Phi) is 4.30. The molecule has 0 amide bonds. The van der Waals surface area contributed by atoms with Crippen LogP contribution in [0.25, 0.3) is 5.69 Å². The predicted octanol–water partition coefficient (Wildman–Crippen LogP) is 2.75. The number of rotatable bonds is 3. The van der Waals surface area contributed by atoms with E-state index in [2.05, 4.69) is 15.8 Å². The summed E-state index contributed by atoms with van der Waals surface area (Å²) in [6.45, 7) is 8.10. The van der Waals surface area contributed by atoms with Crippen molar-refractivity contribution in [2.24, 2.45) is 0 Å². The smallest absolute Gasteiger partial charge is 0.145 e. The lowest BCUT2D eigenvalue weighted by Gasteiger charge is -2.27. The molecule has 1 N–H and O–H groups in total. The van der Waals surface area contributed by atoms with E-state index < -0.39 is 11.4 Å². The second-order valence-corrected chi connectivity index (χ2v) is 8.75.